The van der Waals surface area contributed by atoms with Crippen LogP contribution in [0, 0.1) is 0 Å². The quantitative estimate of drug-likeness (QED) is 0.0248. The standard InChI is InChI=1S/C62H88N14O10/c1-38(2)66-30-12-10-19-46(55(63)80)72-59(84)49-28-29-53(78)71-51(34-40-15-6-5-7-16-40)60(85)76-52(35-41-23-26-45(77)27-24-41)61(86)74-47(20-11-13-31-67-39(3)4)57(82)73-48(21-14-32-68-62(64)65)58(83)75-50(56(81)69-37-54(79)70-49)36-42-22-25-43-17-8-9-18-44(43)33-42/h5-9,15-18,22-27,33,38-39,46-52,66-67,77H,10-14,19-21,28-32,34-37H2,1-4H3,(H2,63,80)(H,69,81)(H,70,79)(H,71,78)(H,72,84)(H,73,82)(H,74,86)(H,75,83)(H,76,85)(H4,64,65,68)/t46-,47+,48-,49-,50+,51-,52-/m1/s1. The zero-order chi connectivity index (χ0) is 62.5. The summed E-state index contributed by atoms with van der Waals surface area (Å²) >= 11 is 0. The van der Waals surface area contributed by atoms with Crippen molar-refractivity contribution in [2.45, 2.75) is 166 Å². The minimum Gasteiger partial charge on any atom is -0.508 e. The Morgan fingerprint density at radius 2 is 1.07 bits per heavy atom. The largest absolute Gasteiger partial charge is 0.508 e. The predicted octanol–water partition coefficient (Wildman–Crippen LogP) is 0.752. The molecule has 0 unspecified atom stereocenters. The van der Waals surface area contributed by atoms with E-state index in [-0.39, 0.29) is 81.7 Å². The van der Waals surface area contributed by atoms with Crippen LogP contribution in [0.25, 0.3) is 10.8 Å². The number of hydrogen-bond acceptors (Lipinski definition) is 13. The van der Waals surface area contributed by atoms with Crippen LogP contribution in [-0.2, 0) is 62.4 Å². The highest BCUT2D eigenvalue weighted by Gasteiger charge is 2.34. The number of phenolic OH excluding ortho intramolecular Hbond substituents is 1. The molecule has 0 aliphatic carbocycles. The summed E-state index contributed by atoms with van der Waals surface area (Å²) in [6, 6.07) is 18.8. The molecule has 86 heavy (non-hydrogen) atoms. The molecule has 0 bridgehead atoms. The van der Waals surface area contributed by atoms with Crippen LogP contribution < -0.4 is 70.4 Å². The minimum absolute atomic E-state index is 0.0514. The van der Waals surface area contributed by atoms with Crippen LogP contribution in [0.2, 0.25) is 0 Å². The Morgan fingerprint density at radius 3 is 1.67 bits per heavy atom. The van der Waals surface area contributed by atoms with Crippen LogP contribution in [0.5, 0.6) is 5.75 Å². The second kappa shape index (κ2) is 35.6. The molecule has 0 saturated carbocycles. The van der Waals surface area contributed by atoms with Crippen molar-refractivity contribution in [2.75, 3.05) is 26.2 Å². The van der Waals surface area contributed by atoms with E-state index in [0.29, 0.717) is 55.5 Å². The van der Waals surface area contributed by atoms with E-state index in [2.05, 4.69) is 58.2 Å². The van der Waals surface area contributed by atoms with E-state index in [1.165, 1.54) is 12.1 Å². The summed E-state index contributed by atoms with van der Waals surface area (Å²) in [4.78, 5) is 133. The molecular formula is C62H88N14O10. The molecule has 0 spiro atoms. The number of aliphatic imine (C=N–C) groups is 1. The van der Waals surface area contributed by atoms with Crippen molar-refractivity contribution in [1.29, 1.82) is 0 Å². The normalized spacial score (nSPS) is 20.1. The average molecular weight is 1190 g/mol. The van der Waals surface area contributed by atoms with Crippen LogP contribution >= 0.6 is 0 Å². The van der Waals surface area contributed by atoms with E-state index in [1.54, 1.807) is 48.5 Å². The van der Waals surface area contributed by atoms with Gasteiger partial charge in [0.05, 0.1) is 6.54 Å². The van der Waals surface area contributed by atoms with E-state index in [0.717, 1.165) is 10.8 Å². The number of carbonyl (C=O) groups excluding carboxylic acids is 9. The van der Waals surface area contributed by atoms with Crippen molar-refractivity contribution < 1.29 is 48.3 Å². The number of aromatic hydroxyl groups is 1. The van der Waals surface area contributed by atoms with Crippen LogP contribution in [0.15, 0.2) is 102 Å². The van der Waals surface area contributed by atoms with Gasteiger partial charge in [-0.15, -0.1) is 0 Å². The topological polar surface area (TPSA) is 385 Å². The van der Waals surface area contributed by atoms with Crippen LogP contribution in [-0.4, -0.2) is 145 Å². The van der Waals surface area contributed by atoms with E-state index in [4.69, 9.17) is 17.2 Å². The first-order valence-electron chi connectivity index (χ1n) is 29.6. The Labute approximate surface area is 502 Å². The molecule has 7 atom stereocenters. The van der Waals surface area contributed by atoms with E-state index in [1.807, 2.05) is 64.1 Å². The number of unbranched alkanes of at least 4 members (excludes halogenated alkanes) is 2. The number of fused-ring (bicyclic) bond motifs is 1. The number of nitrogens with zero attached hydrogens (tertiary/aromatic N) is 1. The van der Waals surface area contributed by atoms with Gasteiger partial charge in [-0.3, -0.25) is 48.1 Å². The molecule has 1 saturated heterocycles. The zero-order valence-electron chi connectivity index (χ0n) is 49.8. The molecule has 0 aromatic heterocycles. The Kier molecular flexibility index (Phi) is 28.2. The Balaban J connectivity index is 1.58. The van der Waals surface area contributed by atoms with Gasteiger partial charge in [0.2, 0.25) is 53.2 Å². The first kappa shape index (κ1) is 68.1. The fourth-order valence-electron chi connectivity index (χ4n) is 9.71. The molecule has 4 aromatic rings. The van der Waals surface area contributed by atoms with Gasteiger partial charge in [-0.25, -0.2) is 0 Å². The number of phenols is 1. The van der Waals surface area contributed by atoms with Crippen LogP contribution in [0.3, 0.4) is 0 Å². The summed E-state index contributed by atoms with van der Waals surface area (Å²) in [5, 5.41) is 40.4. The van der Waals surface area contributed by atoms with Gasteiger partial charge in [0.25, 0.3) is 0 Å². The number of rotatable bonds is 25. The maximum Gasteiger partial charge on any atom is 0.243 e. The smallest absolute Gasteiger partial charge is 0.243 e. The molecule has 1 fully saturated rings. The Bertz CT molecular complexity index is 2920. The van der Waals surface area contributed by atoms with Gasteiger partial charge in [0.15, 0.2) is 5.96 Å². The lowest BCUT2D eigenvalue weighted by Crippen LogP contribution is -2.60. The van der Waals surface area contributed by atoms with Gasteiger partial charge >= 0.3 is 0 Å². The van der Waals surface area contributed by atoms with Crippen LogP contribution in [0.4, 0.5) is 0 Å². The maximum atomic E-state index is 14.9. The second-order valence-corrected chi connectivity index (χ2v) is 22.3. The molecule has 1 heterocycles. The lowest BCUT2D eigenvalue weighted by atomic mass is 10.00. The van der Waals surface area contributed by atoms with Gasteiger partial charge in [-0.05, 0) is 110 Å². The SMILES string of the molecule is CC(C)NCCCC[C@@H]1NC(=O)[C@@H](Cc2ccc(O)cc2)NC(=O)[C@@H](Cc2ccccc2)NC(=O)CC[C@H](C(=O)N[C@H](CCCCNC(C)C)C(N)=O)NC(=O)CNC(=O)[C@H](Cc2ccc3ccccc3c2)NC(=O)[C@@H](CCCN=C(N)N)NC1=O. The van der Waals surface area contributed by atoms with Gasteiger partial charge in [0.1, 0.15) is 48.0 Å². The third-order valence-corrected chi connectivity index (χ3v) is 14.4. The highest BCUT2D eigenvalue weighted by atomic mass is 16.3. The molecule has 0 radical (unpaired) electrons. The first-order valence-corrected chi connectivity index (χ1v) is 29.6. The summed E-state index contributed by atoms with van der Waals surface area (Å²) in [6.07, 6.45) is 1.41. The summed E-state index contributed by atoms with van der Waals surface area (Å²) in [5.41, 5.74) is 18.8. The highest BCUT2D eigenvalue weighted by molar-refractivity contribution is 5.98. The summed E-state index contributed by atoms with van der Waals surface area (Å²) in [7, 11) is 0. The van der Waals surface area contributed by atoms with Crippen molar-refractivity contribution in [3.05, 3.63) is 114 Å². The number of guanidine groups is 1. The van der Waals surface area contributed by atoms with E-state index in [9.17, 15) is 48.3 Å². The Morgan fingerprint density at radius 1 is 0.558 bits per heavy atom. The molecule has 1 aliphatic rings. The van der Waals surface area contributed by atoms with Gasteiger partial charge in [-0.1, -0.05) is 113 Å². The number of nitrogens with one attached hydrogen (secondary N) is 10. The fourth-order valence-corrected chi connectivity index (χ4v) is 9.71. The van der Waals surface area contributed by atoms with Gasteiger partial charge in [0, 0.05) is 44.3 Å². The second-order valence-electron chi connectivity index (χ2n) is 22.3. The van der Waals surface area contributed by atoms with Crippen molar-refractivity contribution in [1.82, 2.24) is 53.2 Å². The van der Waals surface area contributed by atoms with E-state index < -0.39 is 108 Å². The van der Waals surface area contributed by atoms with Gasteiger partial charge < -0.3 is 75.5 Å². The zero-order valence-corrected chi connectivity index (χ0v) is 49.8. The van der Waals surface area contributed by atoms with Crippen molar-refractivity contribution >= 4 is 69.9 Å². The molecule has 5 rings (SSSR count). The van der Waals surface area contributed by atoms with Crippen LogP contribution in [0.1, 0.15) is 109 Å². The minimum atomic E-state index is -1.49. The summed E-state index contributed by atoms with van der Waals surface area (Å²) in [6.45, 7) is 8.55. The maximum absolute atomic E-state index is 14.9. The predicted molar refractivity (Wildman–Crippen MR) is 328 cm³/mol. The van der Waals surface area contributed by atoms with E-state index >= 15 is 0 Å². The van der Waals surface area contributed by atoms with Crippen molar-refractivity contribution in [3.8, 4) is 5.75 Å². The van der Waals surface area contributed by atoms with Crippen molar-refractivity contribution in [3.63, 3.8) is 0 Å². The summed E-state index contributed by atoms with van der Waals surface area (Å²) in [5.74, 6) is -7.48. The summed E-state index contributed by atoms with van der Waals surface area (Å²) < 4.78 is 0. The van der Waals surface area contributed by atoms with Gasteiger partial charge in [-0.2, -0.15) is 0 Å². The molecular weight excluding hydrogens is 1100 g/mol. The lowest BCUT2D eigenvalue weighted by molar-refractivity contribution is -0.135. The molecule has 17 N–H and O–H groups in total. The molecule has 24 nitrogen and oxygen atoms in total. The Hall–Kier alpha value is -8.64. The molecule has 9 amide bonds. The van der Waals surface area contributed by atoms with Crippen molar-refractivity contribution in [2.24, 2.45) is 22.2 Å². The fraction of sp³-hybridized carbons (Fsp3) is 0.484. The lowest BCUT2D eigenvalue weighted by Gasteiger charge is -2.27. The number of nitrogens with two attached hydrogens (primary N) is 3. The number of amides is 9. The highest BCUT2D eigenvalue weighted by Crippen LogP contribution is 2.18. The number of benzene rings is 4. The number of hydrogen-bond donors (Lipinski definition) is 14. The molecule has 24 heteroatoms. The first-order chi connectivity index (χ1) is 41.1. The third-order valence-electron chi connectivity index (χ3n) is 14.4. The molecule has 1 aliphatic heterocycles. The third kappa shape index (κ3) is 24.5. The molecule has 4 aromatic carbocycles. The average Bonchev–Trinajstić information content (AvgIpc) is 3.47. The number of carbonyl (C=O) groups is 9. The monoisotopic (exact) mass is 1190 g/mol. The molecule has 466 valence electrons. The number of primary amides is 1.